The number of nitrogens with one attached hydrogen (secondary N) is 1. The number of aryl methyl sites for hydroxylation is 1. The van der Waals surface area contributed by atoms with E-state index in [4.69, 9.17) is 0 Å². The second kappa shape index (κ2) is 4.77. The van der Waals surface area contributed by atoms with Crippen LogP contribution >= 0.6 is 0 Å². The lowest BCUT2D eigenvalue weighted by molar-refractivity contribution is -0.0857. The molecule has 1 aliphatic carbocycles. The summed E-state index contributed by atoms with van der Waals surface area (Å²) in [5.74, 6) is 0.356. The van der Waals surface area contributed by atoms with Crippen LogP contribution in [0.2, 0.25) is 0 Å². The van der Waals surface area contributed by atoms with Gasteiger partial charge in [-0.1, -0.05) is 39.0 Å². The Hall–Kier alpha value is -1.02. The van der Waals surface area contributed by atoms with Crippen LogP contribution in [0.1, 0.15) is 52.0 Å². The van der Waals surface area contributed by atoms with Gasteiger partial charge in [0, 0.05) is 5.69 Å². The Kier molecular flexibility index (Phi) is 3.32. The number of anilines is 1. The molecule has 0 radical (unpaired) electrons. The summed E-state index contributed by atoms with van der Waals surface area (Å²) >= 11 is 0. The van der Waals surface area contributed by atoms with E-state index >= 15 is 0 Å². The maximum Gasteiger partial charge on any atom is 0.0873 e. The number of hydrogen-bond donors (Lipinski definition) is 2. The molecule has 2 nitrogen and oxygen atoms in total. The lowest BCUT2D eigenvalue weighted by Gasteiger charge is -2.50. The van der Waals surface area contributed by atoms with E-state index in [2.05, 4.69) is 50.4 Å². The molecule has 1 saturated carbocycles. The number of para-hydroxylation sites is 1. The molecule has 1 aromatic carbocycles. The van der Waals surface area contributed by atoms with Crippen molar-refractivity contribution in [2.75, 3.05) is 5.32 Å². The summed E-state index contributed by atoms with van der Waals surface area (Å²) < 4.78 is 0. The van der Waals surface area contributed by atoms with E-state index in [0.717, 1.165) is 32.1 Å². The molecular formula is C18H27NO. The van der Waals surface area contributed by atoms with Gasteiger partial charge < -0.3 is 10.4 Å². The van der Waals surface area contributed by atoms with Crippen molar-refractivity contribution in [1.82, 2.24) is 0 Å². The van der Waals surface area contributed by atoms with Crippen molar-refractivity contribution >= 4 is 5.69 Å². The number of benzene rings is 1. The maximum atomic E-state index is 11.3. The predicted octanol–water partition coefficient (Wildman–Crippen LogP) is 3.99. The van der Waals surface area contributed by atoms with Gasteiger partial charge in [0.05, 0.1) is 11.6 Å². The average Bonchev–Trinajstić information content (AvgIpc) is 2.42. The first-order valence-electron chi connectivity index (χ1n) is 7.98. The Morgan fingerprint density at radius 1 is 1.20 bits per heavy atom. The lowest BCUT2D eigenvalue weighted by Crippen LogP contribution is -2.56. The van der Waals surface area contributed by atoms with Crippen LogP contribution in [0, 0.1) is 11.3 Å². The van der Waals surface area contributed by atoms with Crippen LogP contribution in [0.5, 0.6) is 0 Å². The molecule has 0 aromatic heterocycles. The average molecular weight is 273 g/mol. The van der Waals surface area contributed by atoms with Crippen molar-refractivity contribution < 1.29 is 5.11 Å². The fourth-order valence-electron chi connectivity index (χ4n) is 4.22. The van der Waals surface area contributed by atoms with Crippen LogP contribution < -0.4 is 5.32 Å². The van der Waals surface area contributed by atoms with E-state index < -0.39 is 5.60 Å². The van der Waals surface area contributed by atoms with Gasteiger partial charge in [-0.25, -0.2) is 0 Å². The molecule has 0 bridgehead atoms. The van der Waals surface area contributed by atoms with E-state index in [1.807, 2.05) is 0 Å². The Morgan fingerprint density at radius 3 is 2.70 bits per heavy atom. The molecule has 0 spiro atoms. The third-order valence-electron chi connectivity index (χ3n) is 5.57. The zero-order valence-electron chi connectivity index (χ0n) is 12.9. The zero-order valence-corrected chi connectivity index (χ0v) is 12.9. The van der Waals surface area contributed by atoms with Gasteiger partial charge in [0.1, 0.15) is 0 Å². The van der Waals surface area contributed by atoms with Crippen LogP contribution in [-0.2, 0) is 6.42 Å². The van der Waals surface area contributed by atoms with E-state index in [1.54, 1.807) is 0 Å². The smallest absolute Gasteiger partial charge is 0.0873 e. The fraction of sp³-hybridized carbons (Fsp3) is 0.667. The Balaban J connectivity index is 1.80. The third-order valence-corrected chi connectivity index (χ3v) is 5.57. The van der Waals surface area contributed by atoms with Gasteiger partial charge in [-0.15, -0.1) is 0 Å². The first-order chi connectivity index (χ1) is 9.41. The second-order valence-electron chi connectivity index (χ2n) is 7.65. The highest BCUT2D eigenvalue weighted by molar-refractivity contribution is 5.54. The number of rotatable bonds is 1. The van der Waals surface area contributed by atoms with Crippen molar-refractivity contribution in [2.45, 2.75) is 64.5 Å². The summed E-state index contributed by atoms with van der Waals surface area (Å²) in [5.41, 5.74) is 2.42. The number of fused-ring (bicyclic) bond motifs is 1. The third kappa shape index (κ3) is 2.35. The van der Waals surface area contributed by atoms with Crippen LogP contribution in [0.25, 0.3) is 0 Å². The Labute approximate surface area is 122 Å². The molecule has 0 amide bonds. The lowest BCUT2D eigenvalue weighted by atomic mass is 9.62. The molecule has 1 aliphatic heterocycles. The molecule has 1 aromatic rings. The molecule has 2 N–H and O–H groups in total. The van der Waals surface area contributed by atoms with Crippen molar-refractivity contribution in [3.8, 4) is 0 Å². The standard InChI is InChI=1S/C18H27NO/c1-13-12-17(2,3)10-11-18(13,20)16-9-8-14-6-4-5-7-15(14)19-16/h4-7,13,16,19-20H,8-12H2,1-3H3. The largest absolute Gasteiger partial charge is 0.387 e. The first kappa shape index (κ1) is 13.9. The molecular weight excluding hydrogens is 246 g/mol. The van der Waals surface area contributed by atoms with Gasteiger partial charge in [0.25, 0.3) is 0 Å². The summed E-state index contributed by atoms with van der Waals surface area (Å²) in [6.45, 7) is 6.88. The number of hydrogen-bond acceptors (Lipinski definition) is 2. The molecule has 2 aliphatic rings. The highest BCUT2D eigenvalue weighted by atomic mass is 16.3. The molecule has 2 heteroatoms. The van der Waals surface area contributed by atoms with Crippen LogP contribution in [-0.4, -0.2) is 16.7 Å². The molecule has 20 heavy (non-hydrogen) atoms. The highest BCUT2D eigenvalue weighted by Crippen LogP contribution is 2.47. The molecule has 1 heterocycles. The molecule has 3 atom stereocenters. The zero-order chi connectivity index (χ0) is 14.4. The summed E-state index contributed by atoms with van der Waals surface area (Å²) in [5, 5.41) is 14.9. The quantitative estimate of drug-likeness (QED) is 0.811. The summed E-state index contributed by atoms with van der Waals surface area (Å²) in [4.78, 5) is 0. The molecule has 1 fully saturated rings. The van der Waals surface area contributed by atoms with E-state index in [-0.39, 0.29) is 6.04 Å². The monoisotopic (exact) mass is 273 g/mol. The highest BCUT2D eigenvalue weighted by Gasteiger charge is 2.48. The van der Waals surface area contributed by atoms with Gasteiger partial charge in [-0.3, -0.25) is 0 Å². The maximum absolute atomic E-state index is 11.3. The van der Waals surface area contributed by atoms with Gasteiger partial charge in [-0.05, 0) is 55.1 Å². The minimum atomic E-state index is -0.553. The Bertz CT molecular complexity index is 496. The van der Waals surface area contributed by atoms with Crippen LogP contribution in [0.15, 0.2) is 24.3 Å². The normalized spacial score (nSPS) is 36.0. The van der Waals surface area contributed by atoms with E-state index in [1.165, 1.54) is 11.3 Å². The van der Waals surface area contributed by atoms with Crippen molar-refractivity contribution in [1.29, 1.82) is 0 Å². The second-order valence-corrected chi connectivity index (χ2v) is 7.65. The molecule has 3 rings (SSSR count). The van der Waals surface area contributed by atoms with Gasteiger partial charge in [0.2, 0.25) is 0 Å². The van der Waals surface area contributed by atoms with Crippen LogP contribution in [0.3, 0.4) is 0 Å². The van der Waals surface area contributed by atoms with Gasteiger partial charge in [-0.2, -0.15) is 0 Å². The topological polar surface area (TPSA) is 32.3 Å². The fourth-order valence-corrected chi connectivity index (χ4v) is 4.22. The molecule has 110 valence electrons. The van der Waals surface area contributed by atoms with E-state index in [9.17, 15) is 5.11 Å². The minimum Gasteiger partial charge on any atom is -0.387 e. The minimum absolute atomic E-state index is 0.198. The number of aliphatic hydroxyl groups is 1. The predicted molar refractivity (Wildman–Crippen MR) is 83.9 cm³/mol. The molecule has 3 unspecified atom stereocenters. The molecule has 0 saturated heterocycles. The summed E-state index contributed by atoms with van der Waals surface area (Å²) in [7, 11) is 0. The Morgan fingerprint density at radius 2 is 1.95 bits per heavy atom. The van der Waals surface area contributed by atoms with E-state index in [0.29, 0.717) is 11.3 Å². The van der Waals surface area contributed by atoms with Crippen molar-refractivity contribution in [2.24, 2.45) is 11.3 Å². The van der Waals surface area contributed by atoms with Crippen molar-refractivity contribution in [3.63, 3.8) is 0 Å². The SMILES string of the molecule is CC1CC(C)(C)CCC1(O)C1CCc2ccccc2N1. The summed E-state index contributed by atoms with van der Waals surface area (Å²) in [6.07, 6.45) is 5.27. The van der Waals surface area contributed by atoms with Gasteiger partial charge in [0.15, 0.2) is 0 Å². The van der Waals surface area contributed by atoms with Crippen molar-refractivity contribution in [3.05, 3.63) is 29.8 Å². The summed E-state index contributed by atoms with van der Waals surface area (Å²) in [6, 6.07) is 8.70. The van der Waals surface area contributed by atoms with Gasteiger partial charge >= 0.3 is 0 Å². The first-order valence-corrected chi connectivity index (χ1v) is 7.98. The van der Waals surface area contributed by atoms with Crippen LogP contribution in [0.4, 0.5) is 5.69 Å².